The average Bonchev–Trinajstić information content (AvgIpc) is 2.13. The molecule has 0 aromatic carbocycles. The SMILES string of the molecule is COC(CCCC(=O)O)OC.O=CO. The first-order chi connectivity index (χ1) is 6.62. The summed E-state index contributed by atoms with van der Waals surface area (Å²) in [5, 5.41) is 15.2. The molecule has 0 aliphatic heterocycles. The Labute approximate surface area is 82.4 Å². The fourth-order valence-corrected chi connectivity index (χ4v) is 0.752. The predicted octanol–water partition coefficient (Wildman–Crippen LogP) is 0.561. The molecule has 0 rings (SSSR count). The van der Waals surface area contributed by atoms with Gasteiger partial charge in [0.05, 0.1) is 0 Å². The van der Waals surface area contributed by atoms with Crippen molar-refractivity contribution in [2.75, 3.05) is 14.2 Å². The van der Waals surface area contributed by atoms with E-state index in [0.717, 1.165) is 0 Å². The number of carbonyl (C=O) groups is 2. The maximum atomic E-state index is 10.1. The van der Waals surface area contributed by atoms with Crippen LogP contribution < -0.4 is 0 Å². The molecule has 0 heterocycles. The highest BCUT2D eigenvalue weighted by Gasteiger charge is 2.05. The van der Waals surface area contributed by atoms with Gasteiger partial charge in [0.2, 0.25) is 0 Å². The fourth-order valence-electron chi connectivity index (χ4n) is 0.752. The molecule has 0 unspecified atom stereocenters. The van der Waals surface area contributed by atoms with Gasteiger partial charge in [-0.1, -0.05) is 0 Å². The Morgan fingerprint density at radius 1 is 1.43 bits per heavy atom. The van der Waals surface area contributed by atoms with Crippen molar-refractivity contribution in [3.8, 4) is 0 Å². The predicted molar refractivity (Wildman–Crippen MR) is 48.0 cm³/mol. The van der Waals surface area contributed by atoms with Crippen LogP contribution in [0.5, 0.6) is 0 Å². The Hall–Kier alpha value is -1.14. The molecule has 0 fully saturated rings. The summed E-state index contributed by atoms with van der Waals surface area (Å²) in [4.78, 5) is 18.4. The molecule has 0 atom stereocenters. The molecule has 0 saturated carbocycles. The number of carboxylic acids is 1. The smallest absolute Gasteiger partial charge is 0.303 e. The lowest BCUT2D eigenvalue weighted by molar-refractivity contribution is -0.138. The van der Waals surface area contributed by atoms with Crippen molar-refractivity contribution in [1.82, 2.24) is 0 Å². The normalized spacial score (nSPS) is 9.07. The van der Waals surface area contributed by atoms with Gasteiger partial charge < -0.3 is 19.7 Å². The number of ether oxygens (including phenoxy) is 2. The molecule has 0 aliphatic carbocycles. The van der Waals surface area contributed by atoms with Gasteiger partial charge in [0.15, 0.2) is 6.29 Å². The van der Waals surface area contributed by atoms with Crippen LogP contribution in [0.1, 0.15) is 19.3 Å². The van der Waals surface area contributed by atoms with E-state index in [4.69, 9.17) is 24.5 Å². The Balaban J connectivity index is 0. The molecule has 14 heavy (non-hydrogen) atoms. The highest BCUT2D eigenvalue weighted by Crippen LogP contribution is 2.03. The van der Waals surface area contributed by atoms with Crippen LogP contribution >= 0.6 is 0 Å². The molecular formula is C8H16O6. The van der Waals surface area contributed by atoms with E-state index in [1.54, 1.807) is 0 Å². The molecule has 0 aromatic rings. The highest BCUT2D eigenvalue weighted by molar-refractivity contribution is 5.66. The van der Waals surface area contributed by atoms with Crippen LogP contribution in [0.3, 0.4) is 0 Å². The van der Waals surface area contributed by atoms with E-state index in [1.165, 1.54) is 14.2 Å². The van der Waals surface area contributed by atoms with Crippen LogP contribution in [0.4, 0.5) is 0 Å². The van der Waals surface area contributed by atoms with Crippen LogP contribution in [0.2, 0.25) is 0 Å². The average molecular weight is 208 g/mol. The van der Waals surface area contributed by atoms with Crippen LogP contribution in [-0.2, 0) is 19.1 Å². The number of methoxy groups -OCH3 is 2. The largest absolute Gasteiger partial charge is 0.483 e. The minimum Gasteiger partial charge on any atom is -0.483 e. The molecule has 0 aliphatic rings. The molecule has 0 spiro atoms. The number of hydrogen-bond acceptors (Lipinski definition) is 4. The van der Waals surface area contributed by atoms with Gasteiger partial charge in [-0.05, 0) is 12.8 Å². The second-order valence-electron chi connectivity index (χ2n) is 2.29. The van der Waals surface area contributed by atoms with Crippen molar-refractivity contribution in [1.29, 1.82) is 0 Å². The van der Waals surface area contributed by atoms with E-state index in [9.17, 15) is 4.79 Å². The van der Waals surface area contributed by atoms with Crippen molar-refractivity contribution in [3.63, 3.8) is 0 Å². The highest BCUT2D eigenvalue weighted by atomic mass is 16.7. The molecule has 0 radical (unpaired) electrons. The zero-order valence-electron chi connectivity index (χ0n) is 8.30. The molecule has 0 bridgehead atoms. The Morgan fingerprint density at radius 2 is 1.86 bits per heavy atom. The summed E-state index contributed by atoms with van der Waals surface area (Å²) >= 11 is 0. The number of rotatable bonds is 6. The minimum atomic E-state index is -0.782. The zero-order valence-corrected chi connectivity index (χ0v) is 8.30. The van der Waals surface area contributed by atoms with Crippen molar-refractivity contribution >= 4 is 12.4 Å². The summed E-state index contributed by atoms with van der Waals surface area (Å²) in [6.45, 7) is -0.250. The molecular weight excluding hydrogens is 192 g/mol. The monoisotopic (exact) mass is 208 g/mol. The third-order valence-electron chi connectivity index (χ3n) is 1.36. The van der Waals surface area contributed by atoms with Crippen LogP contribution in [0.25, 0.3) is 0 Å². The first kappa shape index (κ1) is 15.3. The van der Waals surface area contributed by atoms with E-state index in [0.29, 0.717) is 12.8 Å². The van der Waals surface area contributed by atoms with E-state index in [-0.39, 0.29) is 19.2 Å². The molecule has 84 valence electrons. The molecule has 6 nitrogen and oxygen atoms in total. The van der Waals surface area contributed by atoms with Gasteiger partial charge in [0.25, 0.3) is 6.47 Å². The van der Waals surface area contributed by atoms with Gasteiger partial charge in [0, 0.05) is 20.6 Å². The lowest BCUT2D eigenvalue weighted by Crippen LogP contribution is -2.13. The molecule has 0 amide bonds. The summed E-state index contributed by atoms with van der Waals surface area (Å²) in [6, 6.07) is 0. The van der Waals surface area contributed by atoms with Gasteiger partial charge >= 0.3 is 5.97 Å². The summed E-state index contributed by atoms with van der Waals surface area (Å²) < 4.78 is 9.73. The number of aliphatic carboxylic acids is 1. The van der Waals surface area contributed by atoms with Crippen molar-refractivity contribution < 1.29 is 29.3 Å². The van der Waals surface area contributed by atoms with Crippen LogP contribution in [-0.4, -0.2) is 43.2 Å². The fraction of sp³-hybridized carbons (Fsp3) is 0.750. The zero-order chi connectivity index (χ0) is 11.4. The quantitative estimate of drug-likeness (QED) is 0.489. The Kier molecular flexibility index (Phi) is 13.0. The lowest BCUT2D eigenvalue weighted by atomic mass is 10.2. The van der Waals surface area contributed by atoms with Gasteiger partial charge in [-0.2, -0.15) is 0 Å². The lowest BCUT2D eigenvalue weighted by Gasteiger charge is -2.11. The van der Waals surface area contributed by atoms with Crippen LogP contribution in [0.15, 0.2) is 0 Å². The second kappa shape index (κ2) is 11.9. The maximum absolute atomic E-state index is 10.1. The summed E-state index contributed by atoms with van der Waals surface area (Å²) in [5.74, 6) is -0.782. The van der Waals surface area contributed by atoms with E-state index in [2.05, 4.69) is 0 Å². The van der Waals surface area contributed by atoms with Gasteiger partial charge in [0.1, 0.15) is 0 Å². The van der Waals surface area contributed by atoms with Crippen molar-refractivity contribution in [3.05, 3.63) is 0 Å². The third-order valence-corrected chi connectivity index (χ3v) is 1.36. The van der Waals surface area contributed by atoms with Gasteiger partial charge in [-0.25, -0.2) is 0 Å². The van der Waals surface area contributed by atoms with E-state index in [1.807, 2.05) is 0 Å². The van der Waals surface area contributed by atoms with E-state index < -0.39 is 5.97 Å². The first-order valence-corrected chi connectivity index (χ1v) is 3.97. The summed E-state index contributed by atoms with van der Waals surface area (Å²) in [7, 11) is 3.07. The number of hydrogen-bond donors (Lipinski definition) is 2. The third kappa shape index (κ3) is 13.4. The van der Waals surface area contributed by atoms with E-state index >= 15 is 0 Å². The second-order valence-corrected chi connectivity index (χ2v) is 2.29. The first-order valence-electron chi connectivity index (χ1n) is 3.97. The minimum absolute atomic E-state index is 0.170. The molecule has 6 heteroatoms. The van der Waals surface area contributed by atoms with Crippen molar-refractivity contribution in [2.24, 2.45) is 0 Å². The molecule has 0 saturated heterocycles. The Bertz CT molecular complexity index is 143. The Morgan fingerprint density at radius 3 is 2.14 bits per heavy atom. The maximum Gasteiger partial charge on any atom is 0.303 e. The summed E-state index contributed by atoms with van der Waals surface area (Å²) in [5.41, 5.74) is 0. The van der Waals surface area contributed by atoms with Crippen LogP contribution in [0, 0.1) is 0 Å². The number of carboxylic acid groups (broad SMARTS) is 2. The van der Waals surface area contributed by atoms with Gasteiger partial charge in [-0.3, -0.25) is 9.59 Å². The topological polar surface area (TPSA) is 93.1 Å². The molecule has 0 aromatic heterocycles. The van der Waals surface area contributed by atoms with Gasteiger partial charge in [-0.15, -0.1) is 0 Å². The van der Waals surface area contributed by atoms with Crippen molar-refractivity contribution in [2.45, 2.75) is 25.6 Å². The standard InChI is InChI=1S/C7H14O4.CH2O2/c1-10-7(11-2)5-3-4-6(8)9;2-1-3/h7H,3-5H2,1-2H3,(H,8,9);1H,(H,2,3). The summed E-state index contributed by atoms with van der Waals surface area (Å²) in [6.07, 6.45) is 1.11. The molecule has 2 N–H and O–H groups in total.